The lowest BCUT2D eigenvalue weighted by atomic mass is 10.4. The molecule has 0 radical (unpaired) electrons. The summed E-state index contributed by atoms with van der Waals surface area (Å²) in [5.41, 5.74) is 0.957. The van der Waals surface area contributed by atoms with E-state index >= 15 is 0 Å². The number of carbonyl (C=O) groups is 1. The number of carboxylic acids is 1. The first-order chi connectivity index (χ1) is 7.65. The van der Waals surface area contributed by atoms with Gasteiger partial charge in [-0.15, -0.1) is 11.3 Å². The number of aromatic carboxylic acids is 1. The number of carboxylic acid groups (broad SMARTS) is 1. The van der Waals surface area contributed by atoms with E-state index in [1.807, 2.05) is 30.5 Å². The molecule has 0 aromatic carbocycles. The molecule has 0 saturated heterocycles. The molecule has 0 saturated carbocycles. The van der Waals surface area contributed by atoms with E-state index in [2.05, 4.69) is 4.98 Å². The number of hydrogen-bond acceptors (Lipinski definition) is 4. The van der Waals surface area contributed by atoms with Crippen molar-refractivity contribution in [2.24, 2.45) is 0 Å². The molecule has 1 N–H and O–H groups in total. The Hall–Kier alpha value is -1.33. The zero-order valence-electron chi connectivity index (χ0n) is 8.51. The van der Waals surface area contributed by atoms with E-state index in [9.17, 15) is 4.79 Å². The number of rotatable bonds is 3. The molecular weight excluding hydrogens is 242 g/mol. The van der Waals surface area contributed by atoms with Gasteiger partial charge in [0.05, 0.1) is 0 Å². The minimum atomic E-state index is -0.881. The average molecular weight is 251 g/mol. The predicted molar refractivity (Wildman–Crippen MR) is 64.4 cm³/mol. The molecule has 2 aromatic heterocycles. The molecule has 0 unspecified atom stereocenters. The first-order valence-corrected chi connectivity index (χ1v) is 6.28. The van der Waals surface area contributed by atoms with Gasteiger partial charge in [0.15, 0.2) is 0 Å². The van der Waals surface area contributed by atoms with Crippen molar-refractivity contribution in [1.29, 1.82) is 0 Å². The Morgan fingerprint density at radius 2 is 2.31 bits per heavy atom. The molecule has 3 nitrogen and oxygen atoms in total. The lowest BCUT2D eigenvalue weighted by Gasteiger charge is -1.98. The first-order valence-electron chi connectivity index (χ1n) is 4.58. The van der Waals surface area contributed by atoms with Crippen LogP contribution < -0.4 is 0 Å². The van der Waals surface area contributed by atoms with Crippen LogP contribution >= 0.6 is 23.1 Å². The van der Waals surface area contributed by atoms with Crippen molar-refractivity contribution in [2.75, 3.05) is 0 Å². The molecule has 2 heterocycles. The molecule has 0 atom stereocenters. The molecule has 0 bridgehead atoms. The summed E-state index contributed by atoms with van der Waals surface area (Å²) < 4.78 is 0. The number of aromatic nitrogens is 1. The monoisotopic (exact) mass is 251 g/mol. The van der Waals surface area contributed by atoms with Crippen molar-refractivity contribution >= 4 is 29.1 Å². The molecule has 82 valence electrons. The lowest BCUT2D eigenvalue weighted by molar-refractivity contribution is 0.0702. The highest BCUT2D eigenvalue weighted by Gasteiger charge is 2.08. The fourth-order valence-electron chi connectivity index (χ4n) is 1.18. The quantitative estimate of drug-likeness (QED) is 0.909. The Bertz CT molecular complexity index is 522. The van der Waals surface area contributed by atoms with Crippen molar-refractivity contribution in [3.8, 4) is 0 Å². The van der Waals surface area contributed by atoms with E-state index in [-0.39, 0.29) is 0 Å². The Labute approximate surface area is 101 Å². The zero-order valence-corrected chi connectivity index (χ0v) is 10.1. The Balaban J connectivity index is 2.17. The number of hydrogen-bond donors (Lipinski definition) is 1. The Morgan fingerprint density at radius 1 is 1.50 bits per heavy atom. The van der Waals surface area contributed by atoms with Gasteiger partial charge in [-0.2, -0.15) is 0 Å². The molecule has 0 aliphatic heterocycles. The van der Waals surface area contributed by atoms with Gasteiger partial charge >= 0.3 is 5.97 Å². The summed E-state index contributed by atoms with van der Waals surface area (Å²) in [5, 5.41) is 11.5. The van der Waals surface area contributed by atoms with Gasteiger partial charge in [0.25, 0.3) is 0 Å². The van der Waals surface area contributed by atoms with Gasteiger partial charge in [-0.05, 0) is 25.1 Å². The second kappa shape index (κ2) is 4.67. The highest BCUT2D eigenvalue weighted by atomic mass is 32.2. The van der Waals surface area contributed by atoms with Crippen LogP contribution in [0.4, 0.5) is 0 Å². The number of aryl methyl sites for hydroxylation is 1. The maximum absolute atomic E-state index is 10.7. The van der Waals surface area contributed by atoms with Gasteiger partial charge in [0, 0.05) is 16.0 Å². The second-order valence-electron chi connectivity index (χ2n) is 3.17. The van der Waals surface area contributed by atoms with Crippen molar-refractivity contribution in [2.45, 2.75) is 16.8 Å². The Kier molecular flexibility index (Phi) is 3.26. The fraction of sp³-hybridized carbons (Fsp3) is 0.0909. The number of thiophene rings is 1. The highest BCUT2D eigenvalue weighted by Crippen LogP contribution is 2.30. The summed E-state index contributed by atoms with van der Waals surface area (Å²) in [6, 6.07) is 7.45. The molecule has 2 rings (SSSR count). The molecule has 0 fully saturated rings. The van der Waals surface area contributed by atoms with E-state index in [1.54, 1.807) is 6.07 Å². The summed E-state index contributed by atoms with van der Waals surface area (Å²) in [7, 11) is 0. The molecule has 16 heavy (non-hydrogen) atoms. The van der Waals surface area contributed by atoms with Crippen molar-refractivity contribution in [3.63, 3.8) is 0 Å². The van der Waals surface area contributed by atoms with E-state index in [1.165, 1.54) is 23.1 Å². The van der Waals surface area contributed by atoms with Crippen LogP contribution in [-0.2, 0) is 0 Å². The molecule has 0 aliphatic carbocycles. The summed E-state index contributed by atoms with van der Waals surface area (Å²) in [4.78, 5) is 16.3. The minimum Gasteiger partial charge on any atom is -0.477 e. The third kappa shape index (κ3) is 2.62. The summed E-state index contributed by atoms with van der Waals surface area (Å²) >= 11 is 2.71. The van der Waals surface area contributed by atoms with Gasteiger partial charge in [-0.1, -0.05) is 17.8 Å². The molecule has 0 spiro atoms. The van der Waals surface area contributed by atoms with Crippen LogP contribution in [0.5, 0.6) is 0 Å². The smallest absolute Gasteiger partial charge is 0.345 e. The summed E-state index contributed by atoms with van der Waals surface area (Å²) in [5.74, 6) is -0.881. The van der Waals surface area contributed by atoms with E-state index < -0.39 is 5.97 Å². The molecular formula is C11H9NO2S2. The fourth-order valence-corrected chi connectivity index (χ4v) is 2.95. The van der Waals surface area contributed by atoms with E-state index in [0.29, 0.717) is 4.88 Å². The predicted octanol–water partition coefficient (Wildman–Crippen LogP) is 3.30. The van der Waals surface area contributed by atoms with Gasteiger partial charge in [-0.25, -0.2) is 9.78 Å². The Morgan fingerprint density at radius 3 is 2.94 bits per heavy atom. The molecule has 0 aliphatic rings. The van der Waals surface area contributed by atoms with Gasteiger partial charge in [-0.3, -0.25) is 0 Å². The standard InChI is InChI=1S/C11H9NO2S2/c1-7-3-2-4-10(12-7)16-8-5-9(11(13)14)15-6-8/h2-6H,1H3,(H,13,14). The normalized spacial score (nSPS) is 10.3. The SMILES string of the molecule is Cc1cccc(Sc2csc(C(=O)O)c2)n1. The van der Waals surface area contributed by atoms with Crippen LogP contribution in [-0.4, -0.2) is 16.1 Å². The van der Waals surface area contributed by atoms with Crippen molar-refractivity contribution in [1.82, 2.24) is 4.98 Å². The molecule has 5 heteroatoms. The van der Waals surface area contributed by atoms with Crippen LogP contribution in [0.1, 0.15) is 15.4 Å². The molecule has 0 amide bonds. The van der Waals surface area contributed by atoms with E-state index in [0.717, 1.165) is 15.6 Å². The third-order valence-electron chi connectivity index (χ3n) is 1.87. The second-order valence-corrected chi connectivity index (χ2v) is 5.18. The number of pyridine rings is 1. The minimum absolute atomic E-state index is 0.357. The van der Waals surface area contributed by atoms with Crippen molar-refractivity contribution < 1.29 is 9.90 Å². The third-order valence-corrected chi connectivity index (χ3v) is 3.85. The largest absolute Gasteiger partial charge is 0.477 e. The van der Waals surface area contributed by atoms with Crippen LogP contribution in [0.3, 0.4) is 0 Å². The van der Waals surface area contributed by atoms with Crippen LogP contribution in [0.15, 0.2) is 39.6 Å². The first kappa shape index (κ1) is 11.2. The van der Waals surface area contributed by atoms with Crippen molar-refractivity contribution in [3.05, 3.63) is 40.2 Å². The average Bonchev–Trinajstić information content (AvgIpc) is 2.66. The van der Waals surface area contributed by atoms with Crippen LogP contribution in [0.25, 0.3) is 0 Å². The van der Waals surface area contributed by atoms with Crippen LogP contribution in [0.2, 0.25) is 0 Å². The summed E-state index contributed by atoms with van der Waals surface area (Å²) in [6.45, 7) is 1.93. The van der Waals surface area contributed by atoms with Gasteiger partial charge in [0.1, 0.15) is 9.90 Å². The lowest BCUT2D eigenvalue weighted by Crippen LogP contribution is -1.89. The maximum atomic E-state index is 10.7. The molecule has 2 aromatic rings. The number of nitrogens with zero attached hydrogens (tertiary/aromatic N) is 1. The summed E-state index contributed by atoms with van der Waals surface area (Å²) in [6.07, 6.45) is 0. The highest BCUT2D eigenvalue weighted by molar-refractivity contribution is 7.99. The van der Waals surface area contributed by atoms with Gasteiger partial charge in [0.2, 0.25) is 0 Å². The van der Waals surface area contributed by atoms with E-state index in [4.69, 9.17) is 5.11 Å². The topological polar surface area (TPSA) is 50.2 Å². The van der Waals surface area contributed by atoms with Gasteiger partial charge < -0.3 is 5.11 Å². The van der Waals surface area contributed by atoms with Crippen LogP contribution in [0, 0.1) is 6.92 Å². The maximum Gasteiger partial charge on any atom is 0.345 e. The zero-order chi connectivity index (χ0) is 11.5.